The van der Waals surface area contributed by atoms with E-state index in [0.29, 0.717) is 12.2 Å². The summed E-state index contributed by atoms with van der Waals surface area (Å²) in [6, 6.07) is 7.61. The number of benzene rings is 1. The monoisotopic (exact) mass is 328 g/mol. The van der Waals surface area contributed by atoms with E-state index in [1.165, 1.54) is 10.9 Å². The van der Waals surface area contributed by atoms with Gasteiger partial charge in [-0.1, -0.05) is 39.7 Å². The van der Waals surface area contributed by atoms with Crippen LogP contribution in [0.4, 0.5) is 5.69 Å². The molecule has 0 saturated carbocycles. The molecule has 2 rings (SSSR count). The molecule has 0 aliphatic heterocycles. The van der Waals surface area contributed by atoms with Crippen LogP contribution in [0, 0.1) is 0 Å². The highest BCUT2D eigenvalue weighted by atomic mass is 79.9. The third kappa shape index (κ3) is 2.72. The zero-order chi connectivity index (χ0) is 13.1. The van der Waals surface area contributed by atoms with Crippen LogP contribution in [0.2, 0.25) is 5.02 Å². The molecule has 0 fully saturated rings. The number of anilines is 1. The van der Waals surface area contributed by atoms with Crippen LogP contribution in [0.5, 0.6) is 0 Å². The first kappa shape index (κ1) is 13.1. The van der Waals surface area contributed by atoms with Crippen molar-refractivity contribution in [3.05, 3.63) is 55.9 Å². The van der Waals surface area contributed by atoms with E-state index in [-0.39, 0.29) is 10.6 Å². The zero-order valence-corrected chi connectivity index (χ0v) is 11.6. The summed E-state index contributed by atoms with van der Waals surface area (Å²) >= 11 is 9.22. The van der Waals surface area contributed by atoms with Gasteiger partial charge in [-0.15, -0.1) is 0 Å². The van der Waals surface area contributed by atoms with Gasteiger partial charge in [0.15, 0.2) is 0 Å². The quantitative estimate of drug-likeness (QED) is 0.667. The molecular formula is C11H10BrClN4O. The Kier molecular flexibility index (Phi) is 4.00. The number of hydrogen-bond acceptors (Lipinski definition) is 4. The molecule has 94 valence electrons. The maximum absolute atomic E-state index is 11.9. The second-order valence-electron chi connectivity index (χ2n) is 3.61. The van der Waals surface area contributed by atoms with Gasteiger partial charge < -0.3 is 5.43 Å². The smallest absolute Gasteiger partial charge is 0.288 e. The normalized spacial score (nSPS) is 10.4. The Hall–Kier alpha value is -1.37. The van der Waals surface area contributed by atoms with Gasteiger partial charge in [0.1, 0.15) is 5.02 Å². The molecule has 0 unspecified atom stereocenters. The number of hydrogen-bond donors (Lipinski definition) is 2. The van der Waals surface area contributed by atoms with Crippen LogP contribution in [0.15, 0.2) is 39.7 Å². The molecule has 3 N–H and O–H groups in total. The topological polar surface area (TPSA) is 72.9 Å². The molecule has 18 heavy (non-hydrogen) atoms. The lowest BCUT2D eigenvalue weighted by molar-refractivity contribution is 0.640. The van der Waals surface area contributed by atoms with Gasteiger partial charge in [0, 0.05) is 4.47 Å². The highest BCUT2D eigenvalue weighted by Gasteiger charge is 2.08. The molecule has 0 amide bonds. The minimum Gasteiger partial charge on any atom is -0.321 e. The van der Waals surface area contributed by atoms with Crippen molar-refractivity contribution in [3.8, 4) is 0 Å². The fourth-order valence-electron chi connectivity index (χ4n) is 1.44. The standard InChI is InChI=1S/C11H10BrClN4O/c12-8-3-1-7(2-4-8)6-17-11(18)10(13)9(16-14)5-15-17/h1-5,16H,6,14H2. The van der Waals surface area contributed by atoms with Crippen molar-refractivity contribution in [1.82, 2.24) is 9.78 Å². The van der Waals surface area contributed by atoms with Crippen molar-refractivity contribution in [2.75, 3.05) is 5.43 Å². The average Bonchev–Trinajstić information content (AvgIpc) is 2.38. The molecule has 0 spiro atoms. The third-order valence-corrected chi connectivity index (χ3v) is 3.28. The fourth-order valence-corrected chi connectivity index (χ4v) is 1.91. The molecule has 0 radical (unpaired) electrons. The Balaban J connectivity index is 2.33. The second kappa shape index (κ2) is 5.51. The van der Waals surface area contributed by atoms with E-state index in [1.807, 2.05) is 24.3 Å². The Morgan fingerprint density at radius 1 is 1.39 bits per heavy atom. The summed E-state index contributed by atoms with van der Waals surface area (Å²) < 4.78 is 2.26. The maximum atomic E-state index is 11.9. The summed E-state index contributed by atoms with van der Waals surface area (Å²) in [4.78, 5) is 11.9. The minimum absolute atomic E-state index is 0.0320. The molecule has 0 saturated heterocycles. The van der Waals surface area contributed by atoms with Crippen LogP contribution in [0.25, 0.3) is 0 Å². The number of nitrogen functional groups attached to an aromatic ring is 1. The van der Waals surface area contributed by atoms with E-state index in [2.05, 4.69) is 26.5 Å². The van der Waals surface area contributed by atoms with Crippen molar-refractivity contribution < 1.29 is 0 Å². The van der Waals surface area contributed by atoms with Crippen LogP contribution in [0.3, 0.4) is 0 Å². The van der Waals surface area contributed by atoms with Gasteiger partial charge in [-0.3, -0.25) is 10.6 Å². The Labute approximate surface area is 117 Å². The highest BCUT2D eigenvalue weighted by molar-refractivity contribution is 9.10. The molecular weight excluding hydrogens is 320 g/mol. The highest BCUT2D eigenvalue weighted by Crippen LogP contribution is 2.14. The van der Waals surface area contributed by atoms with Crippen LogP contribution in [0.1, 0.15) is 5.56 Å². The summed E-state index contributed by atoms with van der Waals surface area (Å²) in [5.41, 5.74) is 3.21. The van der Waals surface area contributed by atoms with Crippen molar-refractivity contribution in [2.24, 2.45) is 5.84 Å². The van der Waals surface area contributed by atoms with E-state index >= 15 is 0 Å². The predicted octanol–water partition coefficient (Wildman–Crippen LogP) is 1.99. The van der Waals surface area contributed by atoms with Crippen LogP contribution in [-0.4, -0.2) is 9.78 Å². The van der Waals surface area contributed by atoms with E-state index in [0.717, 1.165) is 10.0 Å². The van der Waals surface area contributed by atoms with Crippen molar-refractivity contribution in [2.45, 2.75) is 6.54 Å². The molecule has 7 heteroatoms. The lowest BCUT2D eigenvalue weighted by Gasteiger charge is -2.07. The van der Waals surface area contributed by atoms with Crippen molar-refractivity contribution >= 4 is 33.2 Å². The second-order valence-corrected chi connectivity index (χ2v) is 4.90. The number of aromatic nitrogens is 2. The largest absolute Gasteiger partial charge is 0.321 e. The van der Waals surface area contributed by atoms with Crippen LogP contribution in [-0.2, 0) is 6.54 Å². The number of nitrogens with one attached hydrogen (secondary N) is 1. The minimum atomic E-state index is -0.380. The zero-order valence-electron chi connectivity index (χ0n) is 9.23. The molecule has 0 bridgehead atoms. The molecule has 0 aliphatic rings. The van der Waals surface area contributed by atoms with E-state index in [1.54, 1.807) is 0 Å². The molecule has 0 aliphatic carbocycles. The third-order valence-electron chi connectivity index (χ3n) is 2.39. The summed E-state index contributed by atoms with van der Waals surface area (Å²) in [6.07, 6.45) is 1.42. The van der Waals surface area contributed by atoms with E-state index in [9.17, 15) is 4.79 Å². The number of rotatable bonds is 3. The average molecular weight is 330 g/mol. The first-order valence-electron chi connectivity index (χ1n) is 5.08. The van der Waals surface area contributed by atoms with Crippen LogP contribution < -0.4 is 16.8 Å². The Morgan fingerprint density at radius 3 is 2.67 bits per heavy atom. The number of nitrogens with zero attached hydrogens (tertiary/aromatic N) is 2. The molecule has 1 aromatic heterocycles. The van der Waals surface area contributed by atoms with Gasteiger partial charge in [-0.25, -0.2) is 4.68 Å². The molecule has 0 atom stereocenters. The predicted molar refractivity (Wildman–Crippen MR) is 74.6 cm³/mol. The lowest BCUT2D eigenvalue weighted by Crippen LogP contribution is -2.25. The van der Waals surface area contributed by atoms with Gasteiger partial charge in [-0.05, 0) is 17.7 Å². The van der Waals surface area contributed by atoms with E-state index < -0.39 is 0 Å². The van der Waals surface area contributed by atoms with Gasteiger partial charge in [0.25, 0.3) is 5.56 Å². The summed E-state index contributed by atoms with van der Waals surface area (Å²) in [5.74, 6) is 5.21. The summed E-state index contributed by atoms with van der Waals surface area (Å²) in [6.45, 7) is 0.358. The van der Waals surface area contributed by atoms with E-state index in [4.69, 9.17) is 17.4 Å². The number of halogens is 2. The maximum Gasteiger partial charge on any atom is 0.288 e. The van der Waals surface area contributed by atoms with Gasteiger partial charge >= 0.3 is 0 Å². The molecule has 5 nitrogen and oxygen atoms in total. The summed E-state index contributed by atoms with van der Waals surface area (Å²) in [5, 5.41) is 4.03. The first-order valence-corrected chi connectivity index (χ1v) is 6.25. The van der Waals surface area contributed by atoms with Crippen molar-refractivity contribution in [3.63, 3.8) is 0 Å². The van der Waals surface area contributed by atoms with Gasteiger partial charge in [0.2, 0.25) is 0 Å². The van der Waals surface area contributed by atoms with Crippen LogP contribution >= 0.6 is 27.5 Å². The molecule has 1 heterocycles. The first-order chi connectivity index (χ1) is 8.61. The lowest BCUT2D eigenvalue weighted by atomic mass is 10.2. The summed E-state index contributed by atoms with van der Waals surface area (Å²) in [7, 11) is 0. The number of nitrogens with two attached hydrogens (primary N) is 1. The van der Waals surface area contributed by atoms with Gasteiger partial charge in [-0.2, -0.15) is 5.10 Å². The Morgan fingerprint density at radius 2 is 2.06 bits per heavy atom. The Bertz CT molecular complexity index is 611. The number of hydrazine groups is 1. The SMILES string of the molecule is NNc1cnn(Cc2ccc(Br)cc2)c(=O)c1Cl. The molecule has 1 aromatic carbocycles. The molecule has 2 aromatic rings. The van der Waals surface area contributed by atoms with Crippen molar-refractivity contribution in [1.29, 1.82) is 0 Å². The van der Waals surface area contributed by atoms with Gasteiger partial charge in [0.05, 0.1) is 18.4 Å². The fraction of sp³-hybridized carbons (Fsp3) is 0.0909.